The minimum Gasteiger partial charge on any atom is -0.383 e. The average Bonchev–Trinajstić information content (AvgIpc) is 2.75. The van der Waals surface area contributed by atoms with E-state index in [1.165, 1.54) is 23.2 Å². The number of halogens is 1. The second kappa shape index (κ2) is 9.33. The Morgan fingerprint density at radius 3 is 2.41 bits per heavy atom. The Balaban J connectivity index is 1.87. The monoisotopic (exact) mass is 441 g/mol. The third-order valence-corrected chi connectivity index (χ3v) is 5.60. The summed E-state index contributed by atoms with van der Waals surface area (Å²) in [5, 5.41) is 2.57. The molecule has 1 aromatic heterocycles. The van der Waals surface area contributed by atoms with Gasteiger partial charge in [0.1, 0.15) is 11.6 Å². The zero-order valence-electron chi connectivity index (χ0n) is 18.6. The molecule has 1 aliphatic rings. The predicted molar refractivity (Wildman–Crippen MR) is 119 cm³/mol. The van der Waals surface area contributed by atoms with Gasteiger partial charge in [0.05, 0.1) is 17.9 Å². The topological polar surface area (TPSA) is 109 Å². The number of rotatable bonds is 3. The lowest BCUT2D eigenvalue weighted by Crippen LogP contribution is -2.59. The van der Waals surface area contributed by atoms with E-state index < -0.39 is 23.7 Å². The Hall–Kier alpha value is -3.49. The fourth-order valence-corrected chi connectivity index (χ4v) is 3.78. The lowest BCUT2D eigenvalue weighted by atomic mass is 9.98. The van der Waals surface area contributed by atoms with Crippen molar-refractivity contribution in [1.82, 2.24) is 14.8 Å². The molecule has 0 saturated carbocycles. The number of benzene rings is 1. The van der Waals surface area contributed by atoms with Crippen LogP contribution in [0, 0.1) is 18.7 Å². The van der Waals surface area contributed by atoms with Crippen molar-refractivity contribution in [1.29, 1.82) is 0 Å². The summed E-state index contributed by atoms with van der Waals surface area (Å²) in [6, 6.07) is 6.50. The molecular weight excluding hydrogens is 413 g/mol. The fourth-order valence-electron chi connectivity index (χ4n) is 3.78. The highest BCUT2D eigenvalue weighted by atomic mass is 19.1. The van der Waals surface area contributed by atoms with Crippen LogP contribution in [0.4, 0.5) is 15.9 Å². The minimum absolute atomic E-state index is 0.0374. The van der Waals surface area contributed by atoms with Gasteiger partial charge in [0, 0.05) is 25.0 Å². The van der Waals surface area contributed by atoms with E-state index in [0.29, 0.717) is 22.6 Å². The molecule has 3 N–H and O–H groups in total. The normalized spacial score (nSPS) is 18.6. The first-order valence-corrected chi connectivity index (χ1v) is 10.5. The number of nitrogen functional groups attached to an aromatic ring is 1. The minimum atomic E-state index is -0.820. The lowest BCUT2D eigenvalue weighted by molar-refractivity contribution is -0.152. The van der Waals surface area contributed by atoms with E-state index in [1.807, 2.05) is 20.8 Å². The first-order valence-electron chi connectivity index (χ1n) is 10.5. The molecule has 2 heterocycles. The number of carbonyl (C=O) groups excluding carboxylic acids is 3. The van der Waals surface area contributed by atoms with Crippen LogP contribution in [0.15, 0.2) is 36.5 Å². The standard InChI is InChI=1S/C23H28FN5O3/c1-13(2)22(31)28-12-19(16-5-7-17(24)8-6-16)29(11-15(28)4)23(32)21(30)27-18-9-14(3)20(25)26-10-18/h5-10,13,15,19H,11-12H2,1-4H3,(H2,25,26)(H,27,30)/t15-,19-/m1/s1. The Kier molecular flexibility index (Phi) is 6.76. The summed E-state index contributed by atoms with van der Waals surface area (Å²) in [4.78, 5) is 45.8. The van der Waals surface area contributed by atoms with E-state index in [-0.39, 0.29) is 31.0 Å². The molecule has 0 bridgehead atoms. The summed E-state index contributed by atoms with van der Waals surface area (Å²) >= 11 is 0. The molecule has 2 atom stereocenters. The van der Waals surface area contributed by atoms with Gasteiger partial charge in [-0.2, -0.15) is 0 Å². The molecule has 3 rings (SSSR count). The van der Waals surface area contributed by atoms with Crippen LogP contribution in [0.2, 0.25) is 0 Å². The van der Waals surface area contributed by atoms with Gasteiger partial charge in [0.25, 0.3) is 0 Å². The predicted octanol–water partition coefficient (Wildman–Crippen LogP) is 2.51. The van der Waals surface area contributed by atoms with Gasteiger partial charge < -0.3 is 20.9 Å². The van der Waals surface area contributed by atoms with Gasteiger partial charge in [-0.05, 0) is 43.2 Å². The molecule has 170 valence electrons. The highest BCUT2D eigenvalue weighted by molar-refractivity contribution is 6.39. The van der Waals surface area contributed by atoms with Crippen LogP contribution in [0.5, 0.6) is 0 Å². The van der Waals surface area contributed by atoms with Gasteiger partial charge >= 0.3 is 11.8 Å². The maximum atomic E-state index is 13.5. The number of nitrogens with one attached hydrogen (secondary N) is 1. The molecule has 1 saturated heterocycles. The van der Waals surface area contributed by atoms with Gasteiger partial charge in [0.2, 0.25) is 5.91 Å². The number of piperazine rings is 1. The van der Waals surface area contributed by atoms with Gasteiger partial charge in [-0.3, -0.25) is 14.4 Å². The van der Waals surface area contributed by atoms with Crippen molar-refractivity contribution in [3.63, 3.8) is 0 Å². The highest BCUT2D eigenvalue weighted by Gasteiger charge is 2.39. The maximum Gasteiger partial charge on any atom is 0.313 e. The summed E-state index contributed by atoms with van der Waals surface area (Å²) in [6.45, 7) is 7.60. The Morgan fingerprint density at radius 2 is 1.81 bits per heavy atom. The number of carbonyl (C=O) groups is 3. The summed E-state index contributed by atoms with van der Waals surface area (Å²) in [7, 11) is 0. The van der Waals surface area contributed by atoms with Gasteiger partial charge in [-0.25, -0.2) is 9.37 Å². The molecule has 1 fully saturated rings. The number of pyridine rings is 1. The number of hydrogen-bond donors (Lipinski definition) is 2. The van der Waals surface area contributed by atoms with Crippen LogP contribution in [-0.2, 0) is 14.4 Å². The summed E-state index contributed by atoms with van der Waals surface area (Å²) < 4.78 is 13.5. The van der Waals surface area contributed by atoms with Crippen molar-refractivity contribution in [2.75, 3.05) is 24.1 Å². The lowest BCUT2D eigenvalue weighted by Gasteiger charge is -2.45. The number of nitrogens with zero attached hydrogens (tertiary/aromatic N) is 3. The van der Waals surface area contributed by atoms with Crippen molar-refractivity contribution in [2.24, 2.45) is 5.92 Å². The molecular formula is C23H28FN5O3. The molecule has 0 radical (unpaired) electrons. The highest BCUT2D eigenvalue weighted by Crippen LogP contribution is 2.29. The molecule has 0 unspecified atom stereocenters. The number of amides is 3. The van der Waals surface area contributed by atoms with E-state index in [2.05, 4.69) is 10.3 Å². The Bertz CT molecular complexity index is 1020. The zero-order chi connectivity index (χ0) is 23.6. The first kappa shape index (κ1) is 23.2. The van der Waals surface area contributed by atoms with Gasteiger partial charge in [-0.1, -0.05) is 26.0 Å². The van der Waals surface area contributed by atoms with Crippen molar-refractivity contribution in [2.45, 2.75) is 39.8 Å². The third kappa shape index (κ3) is 4.87. The van der Waals surface area contributed by atoms with E-state index >= 15 is 0 Å². The zero-order valence-corrected chi connectivity index (χ0v) is 18.6. The molecule has 1 aliphatic heterocycles. The quantitative estimate of drug-likeness (QED) is 0.712. The Labute approximate surface area is 186 Å². The molecule has 32 heavy (non-hydrogen) atoms. The van der Waals surface area contributed by atoms with Crippen molar-refractivity contribution < 1.29 is 18.8 Å². The molecule has 3 amide bonds. The van der Waals surface area contributed by atoms with Crippen LogP contribution in [0.3, 0.4) is 0 Å². The molecule has 8 nitrogen and oxygen atoms in total. The summed E-state index contributed by atoms with van der Waals surface area (Å²) in [5.74, 6) is -1.88. The summed E-state index contributed by atoms with van der Waals surface area (Å²) in [5.41, 5.74) is 7.38. The number of hydrogen-bond acceptors (Lipinski definition) is 5. The van der Waals surface area contributed by atoms with E-state index in [4.69, 9.17) is 5.73 Å². The van der Waals surface area contributed by atoms with Crippen LogP contribution in [-0.4, -0.2) is 51.6 Å². The fraction of sp³-hybridized carbons (Fsp3) is 0.391. The second-order valence-corrected chi connectivity index (χ2v) is 8.40. The molecule has 0 spiro atoms. The number of nitrogens with two attached hydrogens (primary N) is 1. The second-order valence-electron chi connectivity index (χ2n) is 8.40. The molecule has 1 aromatic carbocycles. The van der Waals surface area contributed by atoms with Gasteiger partial charge in [0.15, 0.2) is 0 Å². The van der Waals surface area contributed by atoms with Crippen LogP contribution in [0.25, 0.3) is 0 Å². The van der Waals surface area contributed by atoms with E-state index in [0.717, 1.165) is 0 Å². The van der Waals surface area contributed by atoms with Crippen molar-refractivity contribution >= 4 is 29.2 Å². The average molecular weight is 442 g/mol. The SMILES string of the molecule is Cc1cc(NC(=O)C(=O)N2C[C@@H](C)N(C(=O)C(C)C)C[C@@H]2c2ccc(F)cc2)cnc1N. The van der Waals surface area contributed by atoms with Crippen molar-refractivity contribution in [3.05, 3.63) is 53.5 Å². The molecule has 2 aromatic rings. The first-order chi connectivity index (χ1) is 15.1. The van der Waals surface area contributed by atoms with Crippen LogP contribution < -0.4 is 11.1 Å². The van der Waals surface area contributed by atoms with Crippen LogP contribution >= 0.6 is 0 Å². The molecule has 0 aliphatic carbocycles. The summed E-state index contributed by atoms with van der Waals surface area (Å²) in [6.07, 6.45) is 1.38. The number of anilines is 2. The smallest absolute Gasteiger partial charge is 0.313 e. The van der Waals surface area contributed by atoms with Crippen molar-refractivity contribution in [3.8, 4) is 0 Å². The van der Waals surface area contributed by atoms with Gasteiger partial charge in [-0.15, -0.1) is 0 Å². The van der Waals surface area contributed by atoms with E-state index in [9.17, 15) is 18.8 Å². The van der Waals surface area contributed by atoms with Crippen LogP contribution in [0.1, 0.15) is 37.9 Å². The van der Waals surface area contributed by atoms with E-state index in [1.54, 1.807) is 30.0 Å². The number of aryl methyl sites for hydroxylation is 1. The largest absolute Gasteiger partial charge is 0.383 e. The Morgan fingerprint density at radius 1 is 1.16 bits per heavy atom. The third-order valence-electron chi connectivity index (χ3n) is 5.60. The number of aromatic nitrogens is 1. The molecule has 9 heteroatoms. The maximum absolute atomic E-state index is 13.5.